The largest absolute Gasteiger partial charge is 0.346 e. The van der Waals surface area contributed by atoms with E-state index in [0.29, 0.717) is 22.9 Å². The first-order valence-electron chi connectivity index (χ1n) is 11.7. The number of piperidine rings is 1. The Morgan fingerprint density at radius 3 is 2.67 bits per heavy atom. The molecule has 0 amide bonds. The monoisotopic (exact) mass is 487 g/mol. The molecule has 36 heavy (non-hydrogen) atoms. The van der Waals surface area contributed by atoms with E-state index in [0.717, 1.165) is 38.2 Å². The van der Waals surface area contributed by atoms with E-state index in [9.17, 15) is 9.18 Å². The van der Waals surface area contributed by atoms with E-state index in [4.69, 9.17) is 0 Å². The molecular formula is C26H23F2N7O. The summed E-state index contributed by atoms with van der Waals surface area (Å²) in [6, 6.07) is 7.87. The molecule has 0 spiro atoms. The first kappa shape index (κ1) is 22.3. The van der Waals surface area contributed by atoms with Crippen LogP contribution in [0.1, 0.15) is 24.3 Å². The highest BCUT2D eigenvalue weighted by atomic mass is 19.1. The minimum absolute atomic E-state index is 0.0717. The zero-order valence-electron chi connectivity index (χ0n) is 19.5. The van der Waals surface area contributed by atoms with E-state index in [1.165, 1.54) is 11.6 Å². The first-order valence-corrected chi connectivity index (χ1v) is 11.7. The lowest BCUT2D eigenvalue weighted by molar-refractivity contribution is 0.255. The molecule has 0 unspecified atom stereocenters. The van der Waals surface area contributed by atoms with Crippen LogP contribution < -0.4 is 10.7 Å². The molecule has 1 saturated heterocycles. The number of hydrogen-bond donors (Lipinski definition) is 2. The van der Waals surface area contributed by atoms with Crippen LogP contribution in [0.2, 0.25) is 0 Å². The van der Waals surface area contributed by atoms with Gasteiger partial charge in [-0.05, 0) is 62.7 Å². The Labute approximate surface area is 204 Å². The Morgan fingerprint density at radius 2 is 1.89 bits per heavy atom. The van der Waals surface area contributed by atoms with Gasteiger partial charge in [-0.1, -0.05) is 6.07 Å². The summed E-state index contributed by atoms with van der Waals surface area (Å²) in [5, 5.41) is 2.93. The van der Waals surface area contributed by atoms with Crippen molar-refractivity contribution in [2.45, 2.75) is 18.8 Å². The van der Waals surface area contributed by atoms with Crippen molar-refractivity contribution >= 4 is 28.3 Å². The van der Waals surface area contributed by atoms with Gasteiger partial charge >= 0.3 is 0 Å². The third-order valence-electron chi connectivity index (χ3n) is 6.79. The second-order valence-electron chi connectivity index (χ2n) is 9.15. The second-order valence-corrected chi connectivity index (χ2v) is 9.15. The Hall–Kier alpha value is -4.18. The number of likely N-dealkylation sites (tertiary alicyclic amines) is 1. The zero-order chi connectivity index (χ0) is 24.8. The second kappa shape index (κ2) is 8.80. The lowest BCUT2D eigenvalue weighted by Crippen LogP contribution is -2.29. The maximum Gasteiger partial charge on any atom is 0.229 e. The predicted octanol–water partition coefficient (Wildman–Crippen LogP) is 4.46. The van der Waals surface area contributed by atoms with Gasteiger partial charge < -0.3 is 19.6 Å². The van der Waals surface area contributed by atoms with E-state index in [-0.39, 0.29) is 22.6 Å². The molecule has 182 valence electrons. The molecule has 0 bridgehead atoms. The number of nitrogens with zero attached hydrogens (tertiary/aromatic N) is 5. The molecule has 1 aromatic carbocycles. The molecule has 0 aliphatic carbocycles. The van der Waals surface area contributed by atoms with E-state index < -0.39 is 17.1 Å². The molecule has 0 saturated carbocycles. The Morgan fingerprint density at radius 1 is 1.06 bits per heavy atom. The number of pyridine rings is 2. The average molecular weight is 488 g/mol. The van der Waals surface area contributed by atoms with Crippen LogP contribution in [0.25, 0.3) is 27.8 Å². The number of rotatable bonds is 4. The fourth-order valence-corrected chi connectivity index (χ4v) is 4.83. The van der Waals surface area contributed by atoms with Gasteiger partial charge in [-0.2, -0.15) is 0 Å². The molecule has 1 fully saturated rings. The van der Waals surface area contributed by atoms with Crippen molar-refractivity contribution in [1.82, 2.24) is 29.2 Å². The topological polar surface area (TPSA) is 91.2 Å². The van der Waals surface area contributed by atoms with Crippen molar-refractivity contribution < 1.29 is 8.78 Å². The van der Waals surface area contributed by atoms with Gasteiger partial charge in [0.1, 0.15) is 23.0 Å². The van der Waals surface area contributed by atoms with Gasteiger partial charge in [-0.25, -0.2) is 23.7 Å². The van der Waals surface area contributed by atoms with Crippen LogP contribution in [0.5, 0.6) is 0 Å². The SMILES string of the molecule is CN1CCC(c2ccc(Nc3ncc(F)c(-c4cc(F)c5c(=O)cc6[nH]ccn6c5c4)n3)nc2)CC1. The number of benzene rings is 1. The van der Waals surface area contributed by atoms with Crippen molar-refractivity contribution in [3.05, 3.63) is 82.5 Å². The van der Waals surface area contributed by atoms with Crippen LogP contribution in [-0.4, -0.2) is 49.4 Å². The minimum atomic E-state index is -0.748. The standard InChI is InChI=1S/C26H23F2N7O/c1-34-7-4-15(5-8-34)16-2-3-22(30-13-16)32-26-31-14-19(28)25(33-26)17-10-18(27)24-20(11-17)35-9-6-29-23(35)12-21(24)36/h2-3,6,9-15,29H,4-5,7-8H2,1H3,(H,30,31,32,33). The number of H-pyrrole nitrogens is 1. The Kier molecular flexibility index (Phi) is 5.45. The normalized spacial score (nSPS) is 15.1. The average Bonchev–Trinajstić information content (AvgIpc) is 3.34. The highest BCUT2D eigenvalue weighted by Crippen LogP contribution is 2.29. The number of hydrogen-bond acceptors (Lipinski definition) is 6. The van der Waals surface area contributed by atoms with Crippen molar-refractivity contribution in [3.63, 3.8) is 0 Å². The summed E-state index contributed by atoms with van der Waals surface area (Å²) >= 11 is 0. The van der Waals surface area contributed by atoms with Gasteiger partial charge in [0.25, 0.3) is 0 Å². The minimum Gasteiger partial charge on any atom is -0.346 e. The summed E-state index contributed by atoms with van der Waals surface area (Å²) in [7, 11) is 2.13. The summed E-state index contributed by atoms with van der Waals surface area (Å²) < 4.78 is 31.4. The summed E-state index contributed by atoms with van der Waals surface area (Å²) in [6.07, 6.45) is 8.38. The lowest BCUT2D eigenvalue weighted by atomic mass is 9.91. The summed E-state index contributed by atoms with van der Waals surface area (Å²) in [6.45, 7) is 2.13. The van der Waals surface area contributed by atoms with Crippen LogP contribution >= 0.6 is 0 Å². The maximum absolute atomic E-state index is 15.0. The van der Waals surface area contributed by atoms with E-state index >= 15 is 4.39 Å². The maximum atomic E-state index is 15.0. The van der Waals surface area contributed by atoms with Gasteiger partial charge in [0.15, 0.2) is 11.2 Å². The zero-order valence-corrected chi connectivity index (χ0v) is 19.5. The molecular weight excluding hydrogens is 464 g/mol. The van der Waals surface area contributed by atoms with Crippen molar-refractivity contribution in [3.8, 4) is 11.3 Å². The van der Waals surface area contributed by atoms with Gasteiger partial charge in [-0.15, -0.1) is 0 Å². The van der Waals surface area contributed by atoms with Gasteiger partial charge in [0, 0.05) is 30.2 Å². The molecule has 0 atom stereocenters. The quantitative estimate of drug-likeness (QED) is 0.389. The van der Waals surface area contributed by atoms with Crippen LogP contribution in [0, 0.1) is 11.6 Å². The molecule has 8 nitrogen and oxygen atoms in total. The number of imidazole rings is 1. The van der Waals surface area contributed by atoms with Crippen molar-refractivity contribution in [2.24, 2.45) is 0 Å². The number of nitrogens with one attached hydrogen (secondary N) is 2. The third-order valence-corrected chi connectivity index (χ3v) is 6.79. The predicted molar refractivity (Wildman–Crippen MR) is 133 cm³/mol. The molecule has 1 aliphatic rings. The van der Waals surface area contributed by atoms with Crippen LogP contribution in [0.15, 0.2) is 59.9 Å². The smallest absolute Gasteiger partial charge is 0.229 e. The van der Waals surface area contributed by atoms with Gasteiger partial charge in [0.2, 0.25) is 5.95 Å². The van der Waals surface area contributed by atoms with Crippen molar-refractivity contribution in [2.75, 3.05) is 25.5 Å². The van der Waals surface area contributed by atoms with E-state index in [1.54, 1.807) is 22.9 Å². The van der Waals surface area contributed by atoms with Gasteiger partial charge in [0.05, 0.1) is 17.1 Å². The van der Waals surface area contributed by atoms with Crippen LogP contribution in [-0.2, 0) is 0 Å². The molecule has 10 heteroatoms. The molecule has 0 radical (unpaired) electrons. The fourth-order valence-electron chi connectivity index (χ4n) is 4.83. The third kappa shape index (κ3) is 3.99. The number of halogens is 2. The fraction of sp³-hybridized carbons (Fsp3) is 0.231. The van der Waals surface area contributed by atoms with Crippen LogP contribution in [0.4, 0.5) is 20.5 Å². The molecule has 6 rings (SSSR count). The number of aromatic nitrogens is 5. The Balaban J connectivity index is 1.32. The number of anilines is 2. The van der Waals surface area contributed by atoms with Gasteiger partial charge in [-0.3, -0.25) is 4.79 Å². The summed E-state index contributed by atoms with van der Waals surface area (Å²) in [5.74, 6) is -0.323. The Bertz CT molecular complexity index is 1640. The van der Waals surface area contributed by atoms with E-state index in [2.05, 4.69) is 37.2 Å². The first-order chi connectivity index (χ1) is 17.5. The molecule has 1 aliphatic heterocycles. The summed E-state index contributed by atoms with van der Waals surface area (Å²) in [5.41, 5.74) is 1.65. The molecule has 4 aromatic heterocycles. The van der Waals surface area contributed by atoms with Crippen LogP contribution in [0.3, 0.4) is 0 Å². The molecule has 5 heterocycles. The number of fused-ring (bicyclic) bond motifs is 3. The molecule has 5 aromatic rings. The lowest BCUT2D eigenvalue weighted by Gasteiger charge is -2.29. The highest BCUT2D eigenvalue weighted by molar-refractivity contribution is 5.87. The number of aromatic amines is 1. The molecule has 2 N–H and O–H groups in total. The van der Waals surface area contributed by atoms with Crippen molar-refractivity contribution in [1.29, 1.82) is 0 Å². The summed E-state index contributed by atoms with van der Waals surface area (Å²) in [4.78, 5) is 30.5. The van der Waals surface area contributed by atoms with E-state index in [1.807, 2.05) is 18.3 Å². The highest BCUT2D eigenvalue weighted by Gasteiger charge is 2.19.